The van der Waals surface area contributed by atoms with Gasteiger partial charge >= 0.3 is 5.97 Å². The van der Waals surface area contributed by atoms with Gasteiger partial charge in [0.2, 0.25) is 0 Å². The number of nitrogens with zero attached hydrogens (tertiary/aromatic N) is 1. The van der Waals surface area contributed by atoms with E-state index in [0.717, 1.165) is 11.8 Å². The smallest absolute Gasteiger partial charge is 0.305 e. The lowest BCUT2D eigenvalue weighted by atomic mass is 10.1. The van der Waals surface area contributed by atoms with Gasteiger partial charge in [0.25, 0.3) is 11.8 Å². The van der Waals surface area contributed by atoms with Gasteiger partial charge in [-0.15, -0.1) is 0 Å². The molecule has 2 aromatic carbocycles. The van der Waals surface area contributed by atoms with Crippen molar-refractivity contribution in [2.24, 2.45) is 0 Å². The summed E-state index contributed by atoms with van der Waals surface area (Å²) in [4.78, 5) is 37.3. The second-order valence-corrected chi connectivity index (χ2v) is 9.03. The van der Waals surface area contributed by atoms with Crippen LogP contribution in [0.4, 0.5) is 5.69 Å². The number of hydrogen-bond acceptors (Lipinski definition) is 7. The normalized spacial score (nSPS) is 14.4. The van der Waals surface area contributed by atoms with Crippen LogP contribution in [0, 0.1) is 0 Å². The van der Waals surface area contributed by atoms with Gasteiger partial charge in [0.1, 0.15) is 4.32 Å². The van der Waals surface area contributed by atoms with E-state index >= 15 is 0 Å². The van der Waals surface area contributed by atoms with E-state index in [1.807, 2.05) is 6.07 Å². The Bertz CT molecular complexity index is 1140. The number of thioether (sulfide) groups is 1. The molecular weight excluding hydrogens is 500 g/mol. The van der Waals surface area contributed by atoms with E-state index < -0.39 is 5.97 Å². The van der Waals surface area contributed by atoms with Crippen LogP contribution >= 0.6 is 35.6 Å². The van der Waals surface area contributed by atoms with Gasteiger partial charge in [-0.05, 0) is 42.8 Å². The van der Waals surface area contributed by atoms with Gasteiger partial charge in [-0.1, -0.05) is 53.8 Å². The summed E-state index contributed by atoms with van der Waals surface area (Å²) < 4.78 is 11.6. The predicted molar refractivity (Wildman–Crippen MR) is 135 cm³/mol. The van der Waals surface area contributed by atoms with Gasteiger partial charge in [-0.3, -0.25) is 19.3 Å². The summed E-state index contributed by atoms with van der Waals surface area (Å²) in [5.41, 5.74) is 1.21. The Morgan fingerprint density at radius 2 is 1.97 bits per heavy atom. The number of amides is 2. The highest BCUT2D eigenvalue weighted by atomic mass is 35.5. The van der Waals surface area contributed by atoms with Crippen molar-refractivity contribution in [2.75, 3.05) is 25.1 Å². The Balaban J connectivity index is 1.75. The number of benzene rings is 2. The molecule has 0 atom stereocenters. The number of nitrogens with one attached hydrogen (secondary N) is 1. The molecule has 0 bridgehead atoms. The molecule has 2 N–H and O–H groups in total. The molecule has 1 fully saturated rings. The number of para-hydroxylation sites is 1. The molecule has 0 aliphatic carbocycles. The first-order valence-electron chi connectivity index (χ1n) is 10.2. The lowest BCUT2D eigenvalue weighted by Crippen LogP contribution is -2.30. The Hall–Kier alpha value is -3.08. The summed E-state index contributed by atoms with van der Waals surface area (Å²) in [7, 11) is 0. The summed E-state index contributed by atoms with van der Waals surface area (Å²) in [6, 6.07) is 12.2. The van der Waals surface area contributed by atoms with Crippen molar-refractivity contribution in [1.82, 2.24) is 4.90 Å². The molecule has 8 nitrogen and oxygen atoms in total. The van der Waals surface area contributed by atoms with Crippen LogP contribution in [0.5, 0.6) is 11.5 Å². The molecule has 0 unspecified atom stereocenters. The number of carboxylic acid groups (broad SMARTS) is 1. The van der Waals surface area contributed by atoms with Crippen LogP contribution in [0.2, 0.25) is 5.02 Å². The molecule has 1 aliphatic heterocycles. The molecule has 11 heteroatoms. The molecule has 0 radical (unpaired) electrons. The van der Waals surface area contributed by atoms with Gasteiger partial charge in [-0.25, -0.2) is 0 Å². The fourth-order valence-electron chi connectivity index (χ4n) is 2.98. The van der Waals surface area contributed by atoms with Gasteiger partial charge in [-0.2, -0.15) is 0 Å². The average Bonchev–Trinajstić information content (AvgIpc) is 3.04. The van der Waals surface area contributed by atoms with E-state index in [9.17, 15) is 14.4 Å². The number of carboxylic acids is 1. The van der Waals surface area contributed by atoms with E-state index in [4.69, 9.17) is 38.4 Å². The van der Waals surface area contributed by atoms with Crippen LogP contribution in [0.1, 0.15) is 18.9 Å². The third kappa shape index (κ3) is 6.72. The van der Waals surface area contributed by atoms with Crippen molar-refractivity contribution in [3.05, 3.63) is 58.0 Å². The summed E-state index contributed by atoms with van der Waals surface area (Å²) in [5, 5.41) is 11.8. The zero-order chi connectivity index (χ0) is 24.7. The first-order chi connectivity index (χ1) is 16.3. The molecule has 0 aromatic heterocycles. The van der Waals surface area contributed by atoms with Crippen molar-refractivity contribution in [3.8, 4) is 11.5 Å². The van der Waals surface area contributed by atoms with E-state index in [0.29, 0.717) is 28.5 Å². The number of halogens is 1. The monoisotopic (exact) mass is 520 g/mol. The topological polar surface area (TPSA) is 105 Å². The Morgan fingerprint density at radius 1 is 1.24 bits per heavy atom. The van der Waals surface area contributed by atoms with E-state index in [2.05, 4.69) is 5.32 Å². The van der Waals surface area contributed by atoms with Crippen LogP contribution in [-0.2, 0) is 14.4 Å². The molecule has 3 rings (SSSR count). The first kappa shape index (κ1) is 25.5. The Morgan fingerprint density at radius 3 is 2.65 bits per heavy atom. The molecule has 0 spiro atoms. The summed E-state index contributed by atoms with van der Waals surface area (Å²) in [5.74, 6) is -1.23. The fraction of sp³-hybridized carbons (Fsp3) is 0.217. The molecule has 34 heavy (non-hydrogen) atoms. The summed E-state index contributed by atoms with van der Waals surface area (Å²) in [6.07, 6.45) is 1.39. The third-order valence-corrected chi connectivity index (χ3v) is 6.12. The molecule has 1 aliphatic rings. The quantitative estimate of drug-likeness (QED) is 0.350. The van der Waals surface area contributed by atoms with Crippen molar-refractivity contribution in [2.45, 2.75) is 13.3 Å². The highest BCUT2D eigenvalue weighted by molar-refractivity contribution is 8.26. The number of hydrogen-bond donors (Lipinski definition) is 2. The van der Waals surface area contributed by atoms with Gasteiger partial charge in [0.15, 0.2) is 18.1 Å². The zero-order valence-corrected chi connectivity index (χ0v) is 20.5. The van der Waals surface area contributed by atoms with Gasteiger partial charge in [0.05, 0.1) is 23.0 Å². The number of ether oxygens (including phenoxy) is 2. The average molecular weight is 521 g/mol. The number of rotatable bonds is 10. The SMILES string of the molecule is CCOc1cc(/C=C2\SC(=S)N(CCC(=O)O)C2=O)cc(Cl)c1OCC(=O)Nc1ccccc1. The van der Waals surface area contributed by atoms with E-state index in [1.54, 1.807) is 49.4 Å². The van der Waals surface area contributed by atoms with Crippen LogP contribution in [0.15, 0.2) is 47.4 Å². The van der Waals surface area contributed by atoms with Crippen molar-refractivity contribution in [1.29, 1.82) is 0 Å². The Kier molecular flexibility index (Phi) is 8.91. The van der Waals surface area contributed by atoms with Crippen LogP contribution in [0.3, 0.4) is 0 Å². The first-order valence-corrected chi connectivity index (χ1v) is 11.8. The molecular formula is C23H21ClN2O6S2. The lowest BCUT2D eigenvalue weighted by Gasteiger charge is -2.15. The minimum Gasteiger partial charge on any atom is -0.490 e. The maximum Gasteiger partial charge on any atom is 0.305 e. The van der Waals surface area contributed by atoms with E-state index in [-0.39, 0.29) is 46.5 Å². The van der Waals surface area contributed by atoms with Crippen molar-refractivity contribution < 1.29 is 29.0 Å². The lowest BCUT2D eigenvalue weighted by molar-refractivity contribution is -0.137. The second-order valence-electron chi connectivity index (χ2n) is 6.94. The van der Waals surface area contributed by atoms with Crippen LogP contribution in [0.25, 0.3) is 6.08 Å². The highest BCUT2D eigenvalue weighted by Gasteiger charge is 2.32. The molecule has 0 saturated carbocycles. The maximum atomic E-state index is 12.6. The van der Waals surface area contributed by atoms with Crippen molar-refractivity contribution in [3.63, 3.8) is 0 Å². The molecule has 2 aromatic rings. The molecule has 178 valence electrons. The number of thiocarbonyl (C=S) groups is 1. The number of carbonyl (C=O) groups excluding carboxylic acids is 2. The summed E-state index contributed by atoms with van der Waals surface area (Å²) >= 11 is 12.7. The molecule has 1 heterocycles. The fourth-order valence-corrected chi connectivity index (χ4v) is 4.56. The summed E-state index contributed by atoms with van der Waals surface area (Å²) in [6.45, 7) is 1.83. The van der Waals surface area contributed by atoms with Crippen LogP contribution < -0.4 is 14.8 Å². The second kappa shape index (κ2) is 11.9. The Labute approximate surface area is 210 Å². The predicted octanol–water partition coefficient (Wildman–Crippen LogP) is 4.43. The largest absolute Gasteiger partial charge is 0.490 e. The minimum absolute atomic E-state index is 0.000114. The van der Waals surface area contributed by atoms with Crippen LogP contribution in [-0.4, -0.2) is 51.9 Å². The minimum atomic E-state index is -1.01. The van der Waals surface area contributed by atoms with Gasteiger partial charge in [0, 0.05) is 12.2 Å². The maximum absolute atomic E-state index is 12.6. The number of carbonyl (C=O) groups is 3. The number of aliphatic carboxylic acids is 1. The number of anilines is 1. The van der Waals surface area contributed by atoms with Gasteiger partial charge < -0.3 is 19.9 Å². The molecule has 1 saturated heterocycles. The highest BCUT2D eigenvalue weighted by Crippen LogP contribution is 2.39. The zero-order valence-electron chi connectivity index (χ0n) is 18.1. The van der Waals surface area contributed by atoms with Crippen molar-refractivity contribution >= 4 is 69.4 Å². The van der Waals surface area contributed by atoms with E-state index in [1.165, 1.54) is 4.90 Å². The third-order valence-electron chi connectivity index (χ3n) is 4.46. The standard InChI is InChI=1S/C23H21ClN2O6S2/c1-2-31-17-11-14(12-18-22(30)26(23(33)34-18)9-8-20(28)29)10-16(24)21(17)32-13-19(27)25-15-6-4-3-5-7-15/h3-7,10-12H,2,8-9,13H2,1H3,(H,25,27)(H,28,29)/b18-12-. The molecule has 2 amide bonds.